The minimum absolute atomic E-state index is 0.00165. The normalized spacial score (nSPS) is 10.2. The van der Waals surface area contributed by atoms with Crippen molar-refractivity contribution in [3.8, 4) is 11.5 Å². The smallest absolute Gasteiger partial charge is 0.275 e. The number of nitro benzene ring substituents is 1. The Labute approximate surface area is 131 Å². The molecule has 21 heavy (non-hydrogen) atoms. The summed E-state index contributed by atoms with van der Waals surface area (Å²) in [4.78, 5) is 10.6. The van der Waals surface area contributed by atoms with Gasteiger partial charge in [0.15, 0.2) is 0 Å². The highest BCUT2D eigenvalue weighted by atomic mass is 79.9. The monoisotopic (exact) mass is 350 g/mol. The van der Waals surface area contributed by atoms with Gasteiger partial charge in [-0.1, -0.05) is 15.9 Å². The van der Waals surface area contributed by atoms with Crippen LogP contribution in [0.15, 0.2) is 40.9 Å². The third-order valence-corrected chi connectivity index (χ3v) is 3.34. The predicted molar refractivity (Wildman–Crippen MR) is 86.2 cm³/mol. The van der Waals surface area contributed by atoms with Crippen LogP contribution >= 0.6 is 15.9 Å². The quantitative estimate of drug-likeness (QED) is 0.615. The number of aryl methyl sites for hydroxylation is 1. The van der Waals surface area contributed by atoms with Gasteiger partial charge in [0.1, 0.15) is 11.5 Å². The van der Waals surface area contributed by atoms with Crippen LogP contribution in [0.3, 0.4) is 0 Å². The average molecular weight is 351 g/mol. The van der Waals surface area contributed by atoms with Crippen LogP contribution in [0.1, 0.15) is 12.5 Å². The molecule has 0 aliphatic carbocycles. The highest BCUT2D eigenvalue weighted by molar-refractivity contribution is 9.10. The fourth-order valence-electron chi connectivity index (χ4n) is 1.91. The molecule has 0 radical (unpaired) electrons. The molecule has 0 atom stereocenters. The molecule has 0 aromatic heterocycles. The molecule has 2 rings (SSSR count). The van der Waals surface area contributed by atoms with Gasteiger partial charge in [-0.3, -0.25) is 10.1 Å². The summed E-state index contributed by atoms with van der Waals surface area (Å²) in [7, 11) is 0. The SMILES string of the molecule is CCNc1cc(Oc2ccc(Br)cc2C)cc([N+](=O)[O-])c1. The van der Waals surface area contributed by atoms with Crippen molar-refractivity contribution in [2.24, 2.45) is 0 Å². The van der Waals surface area contributed by atoms with Gasteiger partial charge in [-0.2, -0.15) is 0 Å². The lowest BCUT2D eigenvalue weighted by Gasteiger charge is -2.11. The number of hydrogen-bond donors (Lipinski definition) is 1. The first-order valence-corrected chi connectivity index (χ1v) is 7.26. The van der Waals surface area contributed by atoms with Crippen molar-refractivity contribution in [2.45, 2.75) is 13.8 Å². The lowest BCUT2D eigenvalue weighted by Crippen LogP contribution is -1.99. The molecule has 0 saturated carbocycles. The number of nitrogens with one attached hydrogen (secondary N) is 1. The van der Waals surface area contributed by atoms with Crippen LogP contribution < -0.4 is 10.1 Å². The zero-order chi connectivity index (χ0) is 15.4. The Balaban J connectivity index is 2.36. The largest absolute Gasteiger partial charge is 0.457 e. The summed E-state index contributed by atoms with van der Waals surface area (Å²) in [6, 6.07) is 10.3. The van der Waals surface area contributed by atoms with E-state index >= 15 is 0 Å². The van der Waals surface area contributed by atoms with Crippen LogP contribution in [0, 0.1) is 17.0 Å². The molecule has 0 heterocycles. The first kappa shape index (κ1) is 15.3. The maximum Gasteiger partial charge on any atom is 0.275 e. The van der Waals surface area contributed by atoms with Gasteiger partial charge in [-0.05, 0) is 37.6 Å². The maximum absolute atomic E-state index is 11.0. The number of ether oxygens (including phenoxy) is 1. The van der Waals surface area contributed by atoms with Gasteiger partial charge in [-0.15, -0.1) is 0 Å². The van der Waals surface area contributed by atoms with E-state index in [0.29, 0.717) is 23.7 Å². The molecule has 5 nitrogen and oxygen atoms in total. The molecule has 0 amide bonds. The third-order valence-electron chi connectivity index (χ3n) is 2.85. The summed E-state index contributed by atoms with van der Waals surface area (Å²) in [5.74, 6) is 1.10. The summed E-state index contributed by atoms with van der Waals surface area (Å²) in [6.45, 7) is 4.53. The molecule has 0 spiro atoms. The fraction of sp³-hybridized carbons (Fsp3) is 0.200. The van der Waals surface area contributed by atoms with E-state index in [9.17, 15) is 10.1 Å². The molecule has 2 aromatic rings. The Morgan fingerprint density at radius 3 is 2.67 bits per heavy atom. The van der Waals surface area contributed by atoms with E-state index in [1.54, 1.807) is 6.07 Å². The number of benzene rings is 2. The molecule has 0 aliphatic rings. The minimum Gasteiger partial charge on any atom is -0.457 e. The Morgan fingerprint density at radius 2 is 2.05 bits per heavy atom. The van der Waals surface area contributed by atoms with E-state index in [-0.39, 0.29) is 5.69 Å². The van der Waals surface area contributed by atoms with Crippen molar-refractivity contribution in [3.05, 3.63) is 56.5 Å². The number of hydrogen-bond acceptors (Lipinski definition) is 4. The molecule has 0 bridgehead atoms. The van der Waals surface area contributed by atoms with Gasteiger partial charge in [0, 0.05) is 28.8 Å². The highest BCUT2D eigenvalue weighted by Gasteiger charge is 2.12. The Hall–Kier alpha value is -2.08. The van der Waals surface area contributed by atoms with Crippen LogP contribution in [0.25, 0.3) is 0 Å². The fourth-order valence-corrected chi connectivity index (χ4v) is 2.38. The van der Waals surface area contributed by atoms with Crippen molar-refractivity contribution in [1.29, 1.82) is 0 Å². The van der Waals surface area contributed by atoms with Crippen molar-refractivity contribution in [2.75, 3.05) is 11.9 Å². The second kappa shape index (κ2) is 6.58. The Bertz CT molecular complexity index is 674. The van der Waals surface area contributed by atoms with Crippen molar-refractivity contribution >= 4 is 27.3 Å². The van der Waals surface area contributed by atoms with Gasteiger partial charge >= 0.3 is 0 Å². The molecule has 1 N–H and O–H groups in total. The van der Waals surface area contributed by atoms with Gasteiger partial charge in [-0.25, -0.2) is 0 Å². The second-order valence-corrected chi connectivity index (χ2v) is 5.43. The van der Waals surface area contributed by atoms with Crippen molar-refractivity contribution in [1.82, 2.24) is 0 Å². The van der Waals surface area contributed by atoms with E-state index < -0.39 is 4.92 Å². The molecule has 6 heteroatoms. The molecular weight excluding hydrogens is 336 g/mol. The number of rotatable bonds is 5. The van der Waals surface area contributed by atoms with Gasteiger partial charge in [0.2, 0.25) is 0 Å². The standard InChI is InChI=1S/C15H15BrN2O3/c1-3-17-12-7-13(18(19)20)9-14(8-12)21-15-5-4-11(16)6-10(15)2/h4-9,17H,3H2,1-2H3. The lowest BCUT2D eigenvalue weighted by molar-refractivity contribution is -0.384. The number of halogens is 1. The Kier molecular flexibility index (Phi) is 4.80. The molecule has 0 fully saturated rings. The molecule has 0 unspecified atom stereocenters. The predicted octanol–water partition coefficient (Wildman–Crippen LogP) is 4.89. The number of anilines is 1. The third kappa shape index (κ3) is 3.95. The highest BCUT2D eigenvalue weighted by Crippen LogP contribution is 2.32. The molecule has 2 aromatic carbocycles. The number of nitrogens with zero attached hydrogens (tertiary/aromatic N) is 1. The van der Waals surface area contributed by atoms with Crippen molar-refractivity contribution in [3.63, 3.8) is 0 Å². The maximum atomic E-state index is 11.0. The van der Waals surface area contributed by atoms with Crippen LogP contribution in [0.2, 0.25) is 0 Å². The lowest BCUT2D eigenvalue weighted by atomic mass is 10.2. The summed E-state index contributed by atoms with van der Waals surface area (Å²) in [5, 5.41) is 14.1. The summed E-state index contributed by atoms with van der Waals surface area (Å²) >= 11 is 3.39. The van der Waals surface area contributed by atoms with Crippen LogP contribution in [-0.2, 0) is 0 Å². The summed E-state index contributed by atoms with van der Waals surface area (Å²) in [6.07, 6.45) is 0. The zero-order valence-electron chi connectivity index (χ0n) is 11.7. The van der Waals surface area contributed by atoms with E-state index in [1.165, 1.54) is 12.1 Å². The Morgan fingerprint density at radius 1 is 1.29 bits per heavy atom. The minimum atomic E-state index is -0.428. The average Bonchev–Trinajstić information content (AvgIpc) is 2.42. The second-order valence-electron chi connectivity index (χ2n) is 4.51. The van der Waals surface area contributed by atoms with Crippen molar-refractivity contribution < 1.29 is 9.66 Å². The topological polar surface area (TPSA) is 64.4 Å². The van der Waals surface area contributed by atoms with Crippen LogP contribution in [0.4, 0.5) is 11.4 Å². The molecule has 0 aliphatic heterocycles. The van der Waals surface area contributed by atoms with Gasteiger partial charge < -0.3 is 10.1 Å². The molecule has 0 saturated heterocycles. The first-order chi connectivity index (χ1) is 9.99. The van der Waals surface area contributed by atoms with Gasteiger partial charge in [0.25, 0.3) is 5.69 Å². The van der Waals surface area contributed by atoms with E-state index in [0.717, 1.165) is 10.0 Å². The molecular formula is C15H15BrN2O3. The first-order valence-electron chi connectivity index (χ1n) is 6.47. The van der Waals surface area contributed by atoms with E-state index in [1.807, 2.05) is 32.0 Å². The summed E-state index contributed by atoms with van der Waals surface area (Å²) in [5.41, 5.74) is 1.61. The van der Waals surface area contributed by atoms with Crippen LogP contribution in [0.5, 0.6) is 11.5 Å². The molecule has 110 valence electrons. The van der Waals surface area contributed by atoms with Gasteiger partial charge in [0.05, 0.1) is 11.0 Å². The van der Waals surface area contributed by atoms with E-state index in [2.05, 4.69) is 21.2 Å². The van der Waals surface area contributed by atoms with Crippen LogP contribution in [-0.4, -0.2) is 11.5 Å². The zero-order valence-corrected chi connectivity index (χ0v) is 13.3. The number of nitro groups is 1. The number of non-ortho nitro benzene ring substituents is 1. The summed E-state index contributed by atoms with van der Waals surface area (Å²) < 4.78 is 6.73. The van der Waals surface area contributed by atoms with E-state index in [4.69, 9.17) is 4.74 Å².